The number of carbonyl (C=O) groups excluding carboxylic acids is 2. The monoisotopic (exact) mass is 536 g/mol. The van der Waals surface area contributed by atoms with E-state index in [9.17, 15) is 9.59 Å². The molecule has 0 bridgehead atoms. The minimum absolute atomic E-state index is 0.182. The highest BCUT2D eigenvalue weighted by atomic mass is 16.5. The quantitative estimate of drug-likeness (QED) is 0.237. The molecular weight excluding hydrogens is 508 g/mol. The van der Waals surface area contributed by atoms with Gasteiger partial charge in [0.15, 0.2) is 11.4 Å². The van der Waals surface area contributed by atoms with E-state index in [-0.39, 0.29) is 24.6 Å². The molecular formula is C30H28N6O4. The summed E-state index contributed by atoms with van der Waals surface area (Å²) in [7, 11) is 0. The van der Waals surface area contributed by atoms with Gasteiger partial charge in [0.05, 0.1) is 26.3 Å². The molecule has 10 heteroatoms. The molecule has 0 spiro atoms. The molecule has 2 heterocycles. The molecule has 0 amide bonds. The minimum Gasteiger partial charge on any atom is -0.461 e. The predicted molar refractivity (Wildman–Crippen MR) is 147 cm³/mol. The highest BCUT2D eigenvalue weighted by Crippen LogP contribution is 2.25. The predicted octanol–water partition coefficient (Wildman–Crippen LogP) is 4.65. The van der Waals surface area contributed by atoms with E-state index in [0.717, 1.165) is 22.3 Å². The van der Waals surface area contributed by atoms with Gasteiger partial charge in [-0.3, -0.25) is 0 Å². The van der Waals surface area contributed by atoms with Crippen LogP contribution in [0.2, 0.25) is 0 Å². The molecule has 0 N–H and O–H groups in total. The van der Waals surface area contributed by atoms with Gasteiger partial charge in [0.2, 0.25) is 0 Å². The van der Waals surface area contributed by atoms with Crippen LogP contribution in [-0.2, 0) is 22.6 Å². The summed E-state index contributed by atoms with van der Waals surface area (Å²) in [5, 5.41) is 16.8. The minimum atomic E-state index is -0.507. The molecule has 3 aromatic carbocycles. The van der Waals surface area contributed by atoms with Gasteiger partial charge in [0.25, 0.3) is 0 Å². The molecule has 202 valence electrons. The third-order valence-electron chi connectivity index (χ3n) is 6.19. The van der Waals surface area contributed by atoms with Crippen LogP contribution in [-0.4, -0.2) is 55.1 Å². The fourth-order valence-corrected chi connectivity index (χ4v) is 4.38. The van der Waals surface area contributed by atoms with Crippen molar-refractivity contribution in [2.75, 3.05) is 13.2 Å². The zero-order valence-electron chi connectivity index (χ0n) is 22.2. The van der Waals surface area contributed by atoms with E-state index in [1.807, 2.05) is 84.9 Å². The Labute approximate surface area is 231 Å². The van der Waals surface area contributed by atoms with Crippen molar-refractivity contribution in [2.24, 2.45) is 0 Å². The first kappa shape index (κ1) is 26.5. The van der Waals surface area contributed by atoms with E-state index in [0.29, 0.717) is 24.5 Å². The molecule has 0 aliphatic carbocycles. The maximum Gasteiger partial charge on any atom is 0.361 e. The molecule has 0 saturated carbocycles. The van der Waals surface area contributed by atoms with E-state index in [2.05, 4.69) is 20.6 Å². The van der Waals surface area contributed by atoms with Gasteiger partial charge in [-0.25, -0.2) is 19.0 Å². The Morgan fingerprint density at radius 2 is 0.975 bits per heavy atom. The smallest absolute Gasteiger partial charge is 0.361 e. The molecule has 0 fully saturated rings. The van der Waals surface area contributed by atoms with Crippen molar-refractivity contribution in [1.29, 1.82) is 0 Å². The molecule has 0 aliphatic rings. The standard InChI is InChI=1S/C30H28N6O4/c1-3-39-29(37)25-27(23-11-7-5-8-12-23)35(33-31-25)19-21-15-17-22(18-16-21)20-36-28(24-13-9-6-10-14-24)26(32-34-36)30(38)40-4-2/h5-18H,3-4,19-20H2,1-2H3. The van der Waals surface area contributed by atoms with Gasteiger partial charge in [-0.1, -0.05) is 95.4 Å². The lowest BCUT2D eigenvalue weighted by Gasteiger charge is -2.10. The molecule has 0 radical (unpaired) electrons. The number of benzene rings is 3. The number of nitrogens with zero attached hydrogens (tertiary/aromatic N) is 6. The van der Waals surface area contributed by atoms with Crippen LogP contribution >= 0.6 is 0 Å². The number of carbonyl (C=O) groups is 2. The molecule has 10 nitrogen and oxygen atoms in total. The van der Waals surface area contributed by atoms with Crippen LogP contribution in [0.3, 0.4) is 0 Å². The second kappa shape index (κ2) is 12.2. The van der Waals surface area contributed by atoms with Crippen LogP contribution in [0.1, 0.15) is 46.0 Å². The number of aromatic nitrogens is 6. The summed E-state index contributed by atoms with van der Waals surface area (Å²) in [5.74, 6) is -1.01. The average Bonchev–Trinajstić information content (AvgIpc) is 3.60. The van der Waals surface area contributed by atoms with Gasteiger partial charge in [-0.2, -0.15) is 0 Å². The zero-order chi connectivity index (χ0) is 27.9. The molecule has 40 heavy (non-hydrogen) atoms. The maximum absolute atomic E-state index is 12.6. The normalized spacial score (nSPS) is 10.8. The summed E-state index contributed by atoms with van der Waals surface area (Å²) in [5.41, 5.74) is 5.15. The second-order valence-corrected chi connectivity index (χ2v) is 8.88. The van der Waals surface area contributed by atoms with E-state index >= 15 is 0 Å². The first-order valence-electron chi connectivity index (χ1n) is 13.0. The zero-order valence-corrected chi connectivity index (χ0v) is 22.2. The molecule has 0 unspecified atom stereocenters. The van der Waals surface area contributed by atoms with E-state index in [1.54, 1.807) is 23.2 Å². The lowest BCUT2D eigenvalue weighted by Crippen LogP contribution is -2.09. The first-order chi connectivity index (χ1) is 19.6. The van der Waals surface area contributed by atoms with Crippen molar-refractivity contribution in [3.8, 4) is 22.5 Å². The topological polar surface area (TPSA) is 114 Å². The third-order valence-corrected chi connectivity index (χ3v) is 6.19. The van der Waals surface area contributed by atoms with Crippen LogP contribution in [0.4, 0.5) is 0 Å². The lowest BCUT2D eigenvalue weighted by atomic mass is 10.1. The van der Waals surface area contributed by atoms with Crippen LogP contribution < -0.4 is 0 Å². The summed E-state index contributed by atoms with van der Waals surface area (Å²) < 4.78 is 13.8. The summed E-state index contributed by atoms with van der Waals surface area (Å²) in [6.07, 6.45) is 0. The Morgan fingerprint density at radius 3 is 1.32 bits per heavy atom. The van der Waals surface area contributed by atoms with Crippen LogP contribution in [0, 0.1) is 0 Å². The molecule has 0 atom stereocenters. The summed E-state index contributed by atoms with van der Waals surface area (Å²) in [4.78, 5) is 25.1. The molecule has 0 saturated heterocycles. The Kier molecular flexibility index (Phi) is 8.05. The molecule has 5 rings (SSSR count). The Bertz CT molecular complexity index is 1470. The largest absolute Gasteiger partial charge is 0.461 e. The van der Waals surface area contributed by atoms with Crippen molar-refractivity contribution in [3.05, 3.63) is 107 Å². The van der Waals surface area contributed by atoms with Crippen LogP contribution in [0.5, 0.6) is 0 Å². The highest BCUT2D eigenvalue weighted by Gasteiger charge is 2.24. The fraction of sp³-hybridized carbons (Fsp3) is 0.200. The SMILES string of the molecule is CCOC(=O)c1nnn(Cc2ccc(Cn3nnc(C(=O)OCC)c3-c3ccccc3)cc2)c1-c1ccccc1. The van der Waals surface area contributed by atoms with E-state index in [1.165, 1.54) is 0 Å². The Hall–Kier alpha value is -5.12. The van der Waals surface area contributed by atoms with Crippen LogP contribution in [0.25, 0.3) is 22.5 Å². The van der Waals surface area contributed by atoms with Gasteiger partial charge in [-0.15, -0.1) is 10.2 Å². The highest BCUT2D eigenvalue weighted by molar-refractivity contribution is 5.94. The van der Waals surface area contributed by atoms with Crippen molar-refractivity contribution in [2.45, 2.75) is 26.9 Å². The van der Waals surface area contributed by atoms with Gasteiger partial charge in [0.1, 0.15) is 11.4 Å². The van der Waals surface area contributed by atoms with Crippen molar-refractivity contribution in [1.82, 2.24) is 30.0 Å². The second-order valence-electron chi connectivity index (χ2n) is 8.88. The fourth-order valence-electron chi connectivity index (χ4n) is 4.38. The molecule has 2 aromatic heterocycles. The maximum atomic E-state index is 12.6. The van der Waals surface area contributed by atoms with Crippen molar-refractivity contribution in [3.63, 3.8) is 0 Å². The summed E-state index contributed by atoms with van der Waals surface area (Å²) in [6.45, 7) is 4.82. The van der Waals surface area contributed by atoms with Gasteiger partial charge >= 0.3 is 11.9 Å². The van der Waals surface area contributed by atoms with E-state index in [4.69, 9.17) is 9.47 Å². The number of hydrogen-bond acceptors (Lipinski definition) is 8. The van der Waals surface area contributed by atoms with Gasteiger partial charge in [-0.05, 0) is 25.0 Å². The summed E-state index contributed by atoms with van der Waals surface area (Å²) in [6, 6.07) is 27.0. The Morgan fingerprint density at radius 1 is 0.600 bits per heavy atom. The number of rotatable bonds is 10. The van der Waals surface area contributed by atoms with Crippen molar-refractivity contribution < 1.29 is 19.1 Å². The number of esters is 2. The van der Waals surface area contributed by atoms with Gasteiger partial charge < -0.3 is 9.47 Å². The number of ether oxygens (including phenoxy) is 2. The number of hydrogen-bond donors (Lipinski definition) is 0. The average molecular weight is 537 g/mol. The van der Waals surface area contributed by atoms with Gasteiger partial charge in [0, 0.05) is 11.1 Å². The van der Waals surface area contributed by atoms with Crippen molar-refractivity contribution >= 4 is 11.9 Å². The molecule has 0 aliphatic heterocycles. The van der Waals surface area contributed by atoms with E-state index < -0.39 is 11.9 Å². The first-order valence-corrected chi connectivity index (χ1v) is 13.0. The third kappa shape index (κ3) is 5.65. The Balaban J connectivity index is 1.40. The molecule has 5 aromatic rings. The summed E-state index contributed by atoms with van der Waals surface area (Å²) >= 11 is 0. The van der Waals surface area contributed by atoms with Crippen LogP contribution in [0.15, 0.2) is 84.9 Å². The lowest BCUT2D eigenvalue weighted by molar-refractivity contribution is 0.0510.